The maximum Gasteiger partial charge on any atom is 0.222 e. The summed E-state index contributed by atoms with van der Waals surface area (Å²) in [4.78, 5) is 11.6. The fourth-order valence-electron chi connectivity index (χ4n) is 2.25. The highest BCUT2D eigenvalue weighted by atomic mass is 35.5. The maximum absolute atomic E-state index is 11.6. The molecule has 1 aromatic rings. The first-order chi connectivity index (χ1) is 7.66. The lowest BCUT2D eigenvalue weighted by Gasteiger charge is -2.14. The molecule has 2 rings (SSSR count). The van der Waals surface area contributed by atoms with Crippen LogP contribution in [0.4, 0.5) is 0 Å². The summed E-state index contributed by atoms with van der Waals surface area (Å²) in [6, 6.07) is 8.41. The van der Waals surface area contributed by atoms with E-state index in [0.29, 0.717) is 6.42 Å². The van der Waals surface area contributed by atoms with Crippen molar-refractivity contribution in [2.24, 2.45) is 5.73 Å². The van der Waals surface area contributed by atoms with E-state index in [4.69, 9.17) is 5.73 Å². The Morgan fingerprint density at radius 2 is 2.24 bits per heavy atom. The molecule has 0 heterocycles. The van der Waals surface area contributed by atoms with Gasteiger partial charge in [-0.05, 0) is 30.9 Å². The van der Waals surface area contributed by atoms with Gasteiger partial charge in [0.1, 0.15) is 0 Å². The third kappa shape index (κ3) is 3.45. The number of aryl methyl sites for hydroxylation is 1. The Morgan fingerprint density at radius 3 is 2.94 bits per heavy atom. The molecular formula is C13H19ClN2O. The van der Waals surface area contributed by atoms with E-state index < -0.39 is 0 Å². The average Bonchev–Trinajstić information content (AvgIpc) is 2.61. The van der Waals surface area contributed by atoms with Crippen molar-refractivity contribution in [2.75, 3.05) is 0 Å². The van der Waals surface area contributed by atoms with Crippen molar-refractivity contribution in [1.29, 1.82) is 0 Å². The second-order valence-corrected chi connectivity index (χ2v) is 4.54. The van der Waals surface area contributed by atoms with Crippen LogP contribution >= 0.6 is 12.4 Å². The van der Waals surface area contributed by atoms with Crippen molar-refractivity contribution < 1.29 is 4.79 Å². The summed E-state index contributed by atoms with van der Waals surface area (Å²) in [6.07, 6.45) is 2.46. The highest BCUT2D eigenvalue weighted by Crippen LogP contribution is 2.30. The van der Waals surface area contributed by atoms with Gasteiger partial charge in [0.15, 0.2) is 0 Å². The van der Waals surface area contributed by atoms with Crippen molar-refractivity contribution >= 4 is 18.3 Å². The van der Waals surface area contributed by atoms with Crippen molar-refractivity contribution in [3.63, 3.8) is 0 Å². The monoisotopic (exact) mass is 254 g/mol. The first kappa shape index (κ1) is 14.0. The predicted molar refractivity (Wildman–Crippen MR) is 71.2 cm³/mol. The third-order valence-electron chi connectivity index (χ3n) is 2.98. The molecule has 0 fully saturated rings. The number of carbonyl (C=O) groups excluding carboxylic acids is 1. The smallest absolute Gasteiger partial charge is 0.222 e. The summed E-state index contributed by atoms with van der Waals surface area (Å²) >= 11 is 0. The standard InChI is InChI=1S/C13H18N2O.ClH/c1-9(14)8-13(16)15-12-7-6-10-4-2-3-5-11(10)12;/h2-5,9,12H,6-8,14H2,1H3,(H,15,16);1H. The topological polar surface area (TPSA) is 55.1 Å². The van der Waals surface area contributed by atoms with E-state index in [1.54, 1.807) is 0 Å². The number of carbonyl (C=O) groups is 1. The Bertz CT molecular complexity index is 393. The molecule has 1 aromatic carbocycles. The van der Waals surface area contributed by atoms with E-state index in [0.717, 1.165) is 12.8 Å². The molecule has 1 amide bonds. The Kier molecular flexibility index (Phi) is 4.97. The Hall–Kier alpha value is -1.06. The normalized spacial score (nSPS) is 19.1. The molecule has 3 N–H and O–H groups in total. The number of fused-ring (bicyclic) bond motifs is 1. The van der Waals surface area contributed by atoms with Crippen LogP contribution in [-0.2, 0) is 11.2 Å². The van der Waals surface area contributed by atoms with Gasteiger partial charge in [-0.25, -0.2) is 0 Å². The largest absolute Gasteiger partial charge is 0.349 e. The molecule has 0 spiro atoms. The number of rotatable bonds is 3. The molecule has 0 radical (unpaired) electrons. The summed E-state index contributed by atoms with van der Waals surface area (Å²) in [7, 11) is 0. The lowest BCUT2D eigenvalue weighted by Crippen LogP contribution is -2.32. The van der Waals surface area contributed by atoms with E-state index in [2.05, 4.69) is 17.4 Å². The Morgan fingerprint density at radius 1 is 1.53 bits per heavy atom. The number of amides is 1. The van der Waals surface area contributed by atoms with E-state index in [1.165, 1.54) is 11.1 Å². The first-order valence-electron chi connectivity index (χ1n) is 5.79. The minimum atomic E-state index is -0.0725. The maximum atomic E-state index is 11.6. The fourth-order valence-corrected chi connectivity index (χ4v) is 2.25. The molecule has 1 aliphatic carbocycles. The number of nitrogens with one attached hydrogen (secondary N) is 1. The molecule has 0 aliphatic heterocycles. The zero-order valence-corrected chi connectivity index (χ0v) is 10.8. The van der Waals surface area contributed by atoms with Crippen LogP contribution in [-0.4, -0.2) is 11.9 Å². The number of nitrogens with two attached hydrogens (primary N) is 1. The predicted octanol–water partition coefficient (Wildman–Crippen LogP) is 1.95. The zero-order valence-electron chi connectivity index (χ0n) is 9.98. The molecule has 94 valence electrons. The van der Waals surface area contributed by atoms with Gasteiger partial charge in [0, 0.05) is 12.5 Å². The van der Waals surface area contributed by atoms with E-state index in [1.807, 2.05) is 19.1 Å². The van der Waals surface area contributed by atoms with Crippen LogP contribution in [0, 0.1) is 0 Å². The SMILES string of the molecule is CC(N)CC(=O)NC1CCc2ccccc21.Cl. The second-order valence-electron chi connectivity index (χ2n) is 4.54. The summed E-state index contributed by atoms with van der Waals surface area (Å²) in [6.45, 7) is 1.85. The van der Waals surface area contributed by atoms with Crippen LogP contribution in [0.2, 0.25) is 0 Å². The molecule has 1 aliphatic rings. The number of hydrogen-bond acceptors (Lipinski definition) is 2. The quantitative estimate of drug-likeness (QED) is 0.866. The van der Waals surface area contributed by atoms with Crippen LogP contribution < -0.4 is 11.1 Å². The highest BCUT2D eigenvalue weighted by Gasteiger charge is 2.23. The first-order valence-corrected chi connectivity index (χ1v) is 5.79. The minimum absolute atomic E-state index is 0. The molecule has 17 heavy (non-hydrogen) atoms. The van der Waals surface area contributed by atoms with Crippen molar-refractivity contribution in [3.05, 3.63) is 35.4 Å². The van der Waals surface area contributed by atoms with Crippen LogP contribution in [0.5, 0.6) is 0 Å². The molecule has 0 bridgehead atoms. The van der Waals surface area contributed by atoms with E-state index in [9.17, 15) is 4.79 Å². The van der Waals surface area contributed by atoms with Gasteiger partial charge < -0.3 is 11.1 Å². The molecule has 2 atom stereocenters. The van der Waals surface area contributed by atoms with Gasteiger partial charge in [-0.2, -0.15) is 0 Å². The van der Waals surface area contributed by atoms with Gasteiger partial charge in [0.25, 0.3) is 0 Å². The van der Waals surface area contributed by atoms with Crippen molar-refractivity contribution in [1.82, 2.24) is 5.32 Å². The summed E-state index contributed by atoms with van der Waals surface area (Å²) in [5, 5.41) is 3.05. The van der Waals surface area contributed by atoms with Crippen molar-refractivity contribution in [3.8, 4) is 0 Å². The van der Waals surface area contributed by atoms with Gasteiger partial charge in [-0.3, -0.25) is 4.79 Å². The third-order valence-corrected chi connectivity index (χ3v) is 2.98. The number of hydrogen-bond donors (Lipinski definition) is 2. The molecule has 0 saturated heterocycles. The summed E-state index contributed by atoms with van der Waals surface area (Å²) in [5.74, 6) is 0.0525. The minimum Gasteiger partial charge on any atom is -0.349 e. The molecule has 2 unspecified atom stereocenters. The van der Waals surface area contributed by atoms with Gasteiger partial charge >= 0.3 is 0 Å². The molecular weight excluding hydrogens is 236 g/mol. The number of halogens is 1. The molecule has 0 aromatic heterocycles. The highest BCUT2D eigenvalue weighted by molar-refractivity contribution is 5.85. The van der Waals surface area contributed by atoms with Gasteiger partial charge in [-0.1, -0.05) is 24.3 Å². The molecule has 3 nitrogen and oxygen atoms in total. The summed E-state index contributed by atoms with van der Waals surface area (Å²) in [5.41, 5.74) is 8.22. The van der Waals surface area contributed by atoms with Gasteiger partial charge in [0.2, 0.25) is 5.91 Å². The summed E-state index contributed by atoms with van der Waals surface area (Å²) < 4.78 is 0. The van der Waals surface area contributed by atoms with Crippen LogP contribution in [0.25, 0.3) is 0 Å². The fraction of sp³-hybridized carbons (Fsp3) is 0.462. The lowest BCUT2D eigenvalue weighted by molar-refractivity contribution is -0.122. The molecule has 4 heteroatoms. The molecule has 0 saturated carbocycles. The van der Waals surface area contributed by atoms with E-state index in [-0.39, 0.29) is 30.4 Å². The Balaban J connectivity index is 0.00000144. The second kappa shape index (κ2) is 6.03. The van der Waals surface area contributed by atoms with Crippen LogP contribution in [0.3, 0.4) is 0 Å². The van der Waals surface area contributed by atoms with Gasteiger partial charge in [0.05, 0.1) is 6.04 Å². The van der Waals surface area contributed by atoms with Crippen LogP contribution in [0.1, 0.15) is 36.9 Å². The van der Waals surface area contributed by atoms with E-state index >= 15 is 0 Å². The number of benzene rings is 1. The zero-order chi connectivity index (χ0) is 11.5. The lowest BCUT2D eigenvalue weighted by atomic mass is 10.1. The Labute approximate surface area is 108 Å². The van der Waals surface area contributed by atoms with Crippen LogP contribution in [0.15, 0.2) is 24.3 Å². The van der Waals surface area contributed by atoms with Gasteiger partial charge in [-0.15, -0.1) is 12.4 Å². The average molecular weight is 255 g/mol. The van der Waals surface area contributed by atoms with Crippen molar-refractivity contribution in [2.45, 2.75) is 38.3 Å².